The zero-order valence-electron chi connectivity index (χ0n) is 16.6. The molecule has 4 rings (SSSR count). The first-order valence-electron chi connectivity index (χ1n) is 9.40. The summed E-state index contributed by atoms with van der Waals surface area (Å²) in [6, 6.07) is 15.5. The standard InChI is InChI=1S/C21H16FIN4O3S2/c1-2-26(32(29,30)17-10-8-15(23)9-11-17)21(28)19-24-20(18-7-4-12-31-18)27(25-19)16-6-3-5-14(22)13-16/h3-13H,2H2,1H3. The Bertz CT molecular complexity index is 1370. The molecule has 32 heavy (non-hydrogen) atoms. The van der Waals surface area contributed by atoms with E-state index in [-0.39, 0.29) is 17.3 Å². The number of aromatic nitrogens is 3. The Kier molecular flexibility index (Phi) is 6.40. The van der Waals surface area contributed by atoms with Crippen molar-refractivity contribution in [3.05, 3.63) is 81.3 Å². The molecule has 0 aliphatic rings. The van der Waals surface area contributed by atoms with Crippen LogP contribution in [0.25, 0.3) is 16.4 Å². The zero-order valence-corrected chi connectivity index (χ0v) is 20.4. The molecule has 0 saturated heterocycles. The van der Waals surface area contributed by atoms with E-state index in [9.17, 15) is 17.6 Å². The van der Waals surface area contributed by atoms with Gasteiger partial charge in [-0.1, -0.05) is 12.1 Å². The molecular weight excluding hydrogens is 566 g/mol. The summed E-state index contributed by atoms with van der Waals surface area (Å²) >= 11 is 3.44. The first-order valence-corrected chi connectivity index (χ1v) is 12.8. The van der Waals surface area contributed by atoms with Gasteiger partial charge in [-0.25, -0.2) is 26.8 Å². The average molecular weight is 582 g/mol. The number of benzene rings is 2. The van der Waals surface area contributed by atoms with E-state index in [4.69, 9.17) is 0 Å². The van der Waals surface area contributed by atoms with Crippen LogP contribution in [-0.2, 0) is 10.0 Å². The summed E-state index contributed by atoms with van der Waals surface area (Å²) in [5.41, 5.74) is 0.364. The minimum atomic E-state index is -4.11. The van der Waals surface area contributed by atoms with Gasteiger partial charge in [-0.3, -0.25) is 4.79 Å². The van der Waals surface area contributed by atoms with Crippen molar-refractivity contribution in [2.75, 3.05) is 6.54 Å². The Morgan fingerprint density at radius 2 is 1.91 bits per heavy atom. The number of carbonyl (C=O) groups excluding carboxylic acids is 1. The Morgan fingerprint density at radius 3 is 2.53 bits per heavy atom. The SMILES string of the molecule is CCN(C(=O)c1nc(-c2cccs2)n(-c2cccc(F)c2)n1)S(=O)(=O)c1ccc(I)cc1. The number of sulfonamides is 1. The third-order valence-electron chi connectivity index (χ3n) is 4.51. The average Bonchev–Trinajstić information content (AvgIpc) is 3.44. The van der Waals surface area contributed by atoms with Gasteiger partial charge in [-0.05, 0) is 83.4 Å². The van der Waals surface area contributed by atoms with E-state index in [0.29, 0.717) is 16.4 Å². The highest BCUT2D eigenvalue weighted by Gasteiger charge is 2.32. The highest BCUT2D eigenvalue weighted by Crippen LogP contribution is 2.27. The number of amides is 1. The van der Waals surface area contributed by atoms with Crippen LogP contribution in [0.1, 0.15) is 17.5 Å². The van der Waals surface area contributed by atoms with E-state index in [1.165, 1.54) is 46.4 Å². The molecule has 2 aromatic heterocycles. The second-order valence-electron chi connectivity index (χ2n) is 6.56. The fourth-order valence-electron chi connectivity index (χ4n) is 3.02. The molecule has 0 aliphatic carbocycles. The van der Waals surface area contributed by atoms with Gasteiger partial charge in [0.25, 0.3) is 10.0 Å². The molecule has 0 fully saturated rings. The van der Waals surface area contributed by atoms with Crippen LogP contribution in [0.5, 0.6) is 0 Å². The number of thiophene rings is 1. The Morgan fingerprint density at radius 1 is 1.16 bits per heavy atom. The number of halogens is 2. The van der Waals surface area contributed by atoms with Crippen LogP contribution in [0.3, 0.4) is 0 Å². The van der Waals surface area contributed by atoms with Crippen LogP contribution in [0.2, 0.25) is 0 Å². The maximum Gasteiger partial charge on any atom is 0.307 e. The van der Waals surface area contributed by atoms with Crippen LogP contribution in [0.15, 0.2) is 70.9 Å². The molecule has 7 nitrogen and oxygen atoms in total. The van der Waals surface area contributed by atoms with Gasteiger partial charge in [-0.15, -0.1) is 16.4 Å². The molecule has 2 aromatic carbocycles. The molecule has 164 valence electrons. The lowest BCUT2D eigenvalue weighted by molar-refractivity contribution is 0.0855. The summed E-state index contributed by atoms with van der Waals surface area (Å²) in [5.74, 6) is -1.32. The minimum absolute atomic E-state index is 0.00356. The van der Waals surface area contributed by atoms with Gasteiger partial charge in [0.2, 0.25) is 5.82 Å². The number of hydrogen-bond donors (Lipinski definition) is 0. The molecule has 11 heteroatoms. The van der Waals surface area contributed by atoms with Gasteiger partial charge in [0.1, 0.15) is 5.82 Å². The van der Waals surface area contributed by atoms with Crippen molar-refractivity contribution in [1.29, 1.82) is 0 Å². The smallest absolute Gasteiger partial charge is 0.264 e. The Labute approximate surface area is 201 Å². The van der Waals surface area contributed by atoms with Gasteiger partial charge in [-0.2, -0.15) is 0 Å². The summed E-state index contributed by atoms with van der Waals surface area (Å²) in [5, 5.41) is 6.09. The molecule has 0 spiro atoms. The third kappa shape index (κ3) is 4.32. The summed E-state index contributed by atoms with van der Waals surface area (Å²) in [4.78, 5) is 18.3. The van der Waals surface area contributed by atoms with Crippen molar-refractivity contribution < 1.29 is 17.6 Å². The van der Waals surface area contributed by atoms with Gasteiger partial charge in [0.05, 0.1) is 15.5 Å². The lowest BCUT2D eigenvalue weighted by atomic mass is 10.3. The number of rotatable bonds is 6. The minimum Gasteiger partial charge on any atom is -0.264 e. The summed E-state index contributed by atoms with van der Waals surface area (Å²) in [6.45, 7) is 1.46. The monoisotopic (exact) mass is 582 g/mol. The first kappa shape index (κ1) is 22.6. The maximum absolute atomic E-state index is 13.8. The molecule has 1 amide bonds. The van der Waals surface area contributed by atoms with Crippen molar-refractivity contribution in [1.82, 2.24) is 19.1 Å². The first-order chi connectivity index (χ1) is 15.3. The van der Waals surface area contributed by atoms with Crippen LogP contribution in [0, 0.1) is 9.39 Å². The van der Waals surface area contributed by atoms with E-state index < -0.39 is 21.7 Å². The van der Waals surface area contributed by atoms with E-state index in [0.717, 1.165) is 7.88 Å². The van der Waals surface area contributed by atoms with Crippen molar-refractivity contribution in [3.63, 3.8) is 0 Å². The third-order valence-corrected chi connectivity index (χ3v) is 7.97. The van der Waals surface area contributed by atoms with E-state index >= 15 is 0 Å². The summed E-state index contributed by atoms with van der Waals surface area (Å²) in [7, 11) is -4.11. The van der Waals surface area contributed by atoms with Crippen molar-refractivity contribution in [2.24, 2.45) is 0 Å². The lowest BCUT2D eigenvalue weighted by Gasteiger charge is -2.19. The van der Waals surface area contributed by atoms with E-state index in [1.54, 1.807) is 31.2 Å². The van der Waals surface area contributed by atoms with Crippen LogP contribution in [-0.4, -0.2) is 39.9 Å². The molecule has 0 saturated carbocycles. The Balaban J connectivity index is 1.79. The molecular formula is C21H16FIN4O3S2. The van der Waals surface area contributed by atoms with Crippen LogP contribution < -0.4 is 0 Å². The molecule has 0 radical (unpaired) electrons. The summed E-state index contributed by atoms with van der Waals surface area (Å²) < 4.78 is 43.0. The maximum atomic E-state index is 13.8. The van der Waals surface area contributed by atoms with Gasteiger partial charge < -0.3 is 0 Å². The predicted octanol–water partition coefficient (Wildman–Crippen LogP) is 4.59. The fourth-order valence-corrected chi connectivity index (χ4v) is 5.46. The number of carbonyl (C=O) groups is 1. The molecule has 0 aliphatic heterocycles. The predicted molar refractivity (Wildman–Crippen MR) is 128 cm³/mol. The highest BCUT2D eigenvalue weighted by atomic mass is 127. The van der Waals surface area contributed by atoms with E-state index in [1.807, 2.05) is 11.4 Å². The molecule has 0 unspecified atom stereocenters. The normalized spacial score (nSPS) is 11.5. The zero-order chi connectivity index (χ0) is 22.9. The molecule has 0 bridgehead atoms. The molecule has 2 heterocycles. The van der Waals surface area contributed by atoms with Crippen LogP contribution in [0.4, 0.5) is 4.39 Å². The van der Waals surface area contributed by atoms with Crippen molar-refractivity contribution in [2.45, 2.75) is 11.8 Å². The van der Waals surface area contributed by atoms with E-state index in [2.05, 4.69) is 32.7 Å². The number of hydrogen-bond acceptors (Lipinski definition) is 6. The van der Waals surface area contributed by atoms with Gasteiger partial charge in [0, 0.05) is 10.1 Å². The summed E-state index contributed by atoms with van der Waals surface area (Å²) in [6.07, 6.45) is 0. The highest BCUT2D eigenvalue weighted by molar-refractivity contribution is 14.1. The van der Waals surface area contributed by atoms with Gasteiger partial charge in [0.15, 0.2) is 5.82 Å². The quantitative estimate of drug-likeness (QED) is 0.311. The largest absolute Gasteiger partial charge is 0.307 e. The molecule has 0 atom stereocenters. The second-order valence-corrected chi connectivity index (χ2v) is 10.6. The fraction of sp³-hybridized carbons (Fsp3) is 0.0952. The van der Waals surface area contributed by atoms with Crippen molar-refractivity contribution in [3.8, 4) is 16.4 Å². The Hall–Kier alpha value is -2.64. The number of nitrogens with zero attached hydrogens (tertiary/aromatic N) is 4. The molecule has 0 N–H and O–H groups in total. The molecule has 4 aromatic rings. The second kappa shape index (κ2) is 9.08. The van der Waals surface area contributed by atoms with Crippen molar-refractivity contribution >= 4 is 49.9 Å². The van der Waals surface area contributed by atoms with Gasteiger partial charge >= 0.3 is 5.91 Å². The topological polar surface area (TPSA) is 85.2 Å². The van der Waals surface area contributed by atoms with Crippen LogP contribution >= 0.6 is 33.9 Å². The lowest BCUT2D eigenvalue weighted by Crippen LogP contribution is -2.37.